The maximum Gasteiger partial charge on any atom is 0.339 e. The van der Waals surface area contributed by atoms with Crippen molar-refractivity contribution in [3.63, 3.8) is 0 Å². The second-order valence-electron chi connectivity index (χ2n) is 10.2. The van der Waals surface area contributed by atoms with Crippen molar-refractivity contribution in [3.05, 3.63) is 83.4 Å². The summed E-state index contributed by atoms with van der Waals surface area (Å²) in [6.07, 6.45) is 2.42. The number of rotatable bonds is 15. The van der Waals surface area contributed by atoms with Crippen LogP contribution in [0.5, 0.6) is 5.75 Å². The Bertz CT molecular complexity index is 1260. The third kappa shape index (κ3) is 11.4. The molecule has 2 rings (SSSR count). The standard InChI is InChI=1S/C31H36I2O8/c1-7-23-20(17-30(3,4)32)15-21(31(5,6)33)16-26(23)40-18-22(34)19-41-29(37)25-12-10-9-11-24(25)28(36)39-14-13-38-27(35)8-2/h7-12,15-16,22,34H,1-2,13-14,17-19H2,3-6H3. The number of aliphatic hydroxyl groups excluding tert-OH is 1. The van der Waals surface area contributed by atoms with Crippen LogP contribution in [0.2, 0.25) is 0 Å². The highest BCUT2D eigenvalue weighted by molar-refractivity contribution is 14.1. The van der Waals surface area contributed by atoms with E-state index in [0.29, 0.717) is 5.75 Å². The Hall–Kier alpha value is -2.45. The van der Waals surface area contributed by atoms with Crippen molar-refractivity contribution >= 4 is 69.2 Å². The molecule has 222 valence electrons. The highest BCUT2D eigenvalue weighted by atomic mass is 127. The minimum Gasteiger partial charge on any atom is -0.490 e. The maximum atomic E-state index is 12.8. The van der Waals surface area contributed by atoms with Gasteiger partial charge >= 0.3 is 17.9 Å². The van der Waals surface area contributed by atoms with Gasteiger partial charge in [-0.3, -0.25) is 0 Å². The van der Waals surface area contributed by atoms with Gasteiger partial charge in [-0.15, -0.1) is 0 Å². The van der Waals surface area contributed by atoms with E-state index < -0.39 is 24.0 Å². The van der Waals surface area contributed by atoms with Crippen molar-refractivity contribution in [1.82, 2.24) is 0 Å². The molecule has 0 saturated heterocycles. The first-order valence-electron chi connectivity index (χ1n) is 12.9. The van der Waals surface area contributed by atoms with Gasteiger partial charge in [0.05, 0.1) is 11.1 Å². The van der Waals surface area contributed by atoms with Gasteiger partial charge in [0.15, 0.2) is 0 Å². The molecule has 1 N–H and O–H groups in total. The van der Waals surface area contributed by atoms with E-state index in [2.05, 4.69) is 92.1 Å². The van der Waals surface area contributed by atoms with E-state index >= 15 is 0 Å². The molecule has 2 aromatic carbocycles. The number of benzene rings is 2. The molecule has 0 radical (unpaired) electrons. The predicted octanol–water partition coefficient (Wildman–Crippen LogP) is 6.24. The molecule has 0 heterocycles. The smallest absolute Gasteiger partial charge is 0.339 e. The summed E-state index contributed by atoms with van der Waals surface area (Å²) in [5, 5.41) is 10.6. The van der Waals surface area contributed by atoms with Crippen molar-refractivity contribution in [2.75, 3.05) is 26.4 Å². The second-order valence-corrected chi connectivity index (χ2v) is 15.9. The van der Waals surface area contributed by atoms with Gasteiger partial charge in [0.2, 0.25) is 0 Å². The minimum atomic E-state index is -1.13. The van der Waals surface area contributed by atoms with Crippen LogP contribution in [0.4, 0.5) is 0 Å². The highest BCUT2D eigenvalue weighted by Gasteiger charge is 2.24. The fourth-order valence-electron chi connectivity index (χ4n) is 3.71. The quantitative estimate of drug-likeness (QED) is 0.0565. The first kappa shape index (κ1) is 34.7. The SMILES string of the molecule is C=CC(=O)OCCOC(=O)c1ccccc1C(=O)OCC(O)COc1cc(C(C)(C)I)cc(CC(C)(C)I)c1C=C. The molecule has 0 spiro atoms. The largest absolute Gasteiger partial charge is 0.490 e. The van der Waals surface area contributed by atoms with E-state index in [9.17, 15) is 19.5 Å². The Labute approximate surface area is 268 Å². The Balaban J connectivity index is 2.07. The molecule has 0 aliphatic carbocycles. The molecule has 0 bridgehead atoms. The van der Waals surface area contributed by atoms with Crippen LogP contribution in [0.15, 0.2) is 55.6 Å². The van der Waals surface area contributed by atoms with Crippen molar-refractivity contribution in [2.45, 2.75) is 47.1 Å². The van der Waals surface area contributed by atoms with Gasteiger partial charge in [0.25, 0.3) is 0 Å². The highest BCUT2D eigenvalue weighted by Crippen LogP contribution is 2.38. The fraction of sp³-hybridized carbons (Fsp3) is 0.387. The summed E-state index contributed by atoms with van der Waals surface area (Å²) in [6.45, 7) is 14.9. The van der Waals surface area contributed by atoms with Crippen molar-refractivity contribution < 1.29 is 38.4 Å². The lowest BCUT2D eigenvalue weighted by atomic mass is 9.91. The third-order valence-electron chi connectivity index (χ3n) is 5.66. The number of carbonyl (C=O) groups excluding carboxylic acids is 3. The van der Waals surface area contributed by atoms with E-state index in [-0.39, 0.29) is 44.4 Å². The minimum absolute atomic E-state index is 0.00951. The molecule has 10 heteroatoms. The molecule has 0 aromatic heterocycles. The maximum absolute atomic E-state index is 12.8. The zero-order valence-corrected chi connectivity index (χ0v) is 28.0. The van der Waals surface area contributed by atoms with Crippen molar-refractivity contribution in [1.29, 1.82) is 0 Å². The lowest BCUT2D eigenvalue weighted by Crippen LogP contribution is -2.26. The Morgan fingerprint density at radius 1 is 0.927 bits per heavy atom. The molecular weight excluding hydrogens is 754 g/mol. The van der Waals surface area contributed by atoms with E-state index in [4.69, 9.17) is 18.9 Å². The van der Waals surface area contributed by atoms with Crippen molar-refractivity contribution in [3.8, 4) is 5.75 Å². The Kier molecular flexibility index (Phi) is 13.3. The lowest BCUT2D eigenvalue weighted by Gasteiger charge is -2.25. The monoisotopic (exact) mass is 790 g/mol. The molecule has 0 aliphatic heterocycles. The molecule has 0 saturated carbocycles. The van der Waals surface area contributed by atoms with E-state index in [1.165, 1.54) is 12.1 Å². The molecule has 1 unspecified atom stereocenters. The molecule has 1 atom stereocenters. The number of hydrogen-bond acceptors (Lipinski definition) is 8. The van der Waals surface area contributed by atoms with Crippen LogP contribution in [-0.2, 0) is 28.8 Å². The van der Waals surface area contributed by atoms with Crippen LogP contribution < -0.4 is 4.74 Å². The number of ether oxygens (including phenoxy) is 4. The molecule has 8 nitrogen and oxygen atoms in total. The van der Waals surface area contributed by atoms with Crippen LogP contribution in [0, 0.1) is 0 Å². The van der Waals surface area contributed by atoms with Gasteiger partial charge < -0.3 is 24.1 Å². The lowest BCUT2D eigenvalue weighted by molar-refractivity contribution is -0.138. The summed E-state index contributed by atoms with van der Waals surface area (Å²) in [6, 6.07) is 10.1. The predicted molar refractivity (Wildman–Crippen MR) is 175 cm³/mol. The van der Waals surface area contributed by atoms with Crippen LogP contribution in [0.1, 0.15) is 65.1 Å². The summed E-state index contributed by atoms with van der Waals surface area (Å²) >= 11 is 4.79. The summed E-state index contributed by atoms with van der Waals surface area (Å²) in [4.78, 5) is 36.3. The molecule has 0 amide bonds. The summed E-state index contributed by atoms with van der Waals surface area (Å²) in [5.41, 5.74) is 3.00. The van der Waals surface area contributed by atoms with Crippen LogP contribution in [0.25, 0.3) is 6.08 Å². The van der Waals surface area contributed by atoms with Gasteiger partial charge in [0.1, 0.15) is 38.3 Å². The van der Waals surface area contributed by atoms with Crippen molar-refractivity contribution in [2.24, 2.45) is 0 Å². The molecular formula is C31H36I2O8. The van der Waals surface area contributed by atoms with Crippen LogP contribution in [0.3, 0.4) is 0 Å². The topological polar surface area (TPSA) is 108 Å². The Morgan fingerprint density at radius 2 is 1.51 bits per heavy atom. The van der Waals surface area contributed by atoms with E-state index in [1.54, 1.807) is 18.2 Å². The van der Waals surface area contributed by atoms with Gasteiger partial charge in [-0.2, -0.15) is 0 Å². The van der Waals surface area contributed by atoms with Gasteiger partial charge in [-0.1, -0.05) is 96.5 Å². The third-order valence-corrected chi connectivity index (χ3v) is 6.67. The van der Waals surface area contributed by atoms with Crippen LogP contribution >= 0.6 is 45.2 Å². The zero-order valence-electron chi connectivity index (χ0n) is 23.7. The fourth-order valence-corrected chi connectivity index (χ4v) is 4.44. The molecule has 0 fully saturated rings. The number of esters is 3. The number of hydrogen-bond donors (Lipinski definition) is 1. The second kappa shape index (κ2) is 15.7. The summed E-state index contributed by atoms with van der Waals surface area (Å²) < 4.78 is 21.0. The van der Waals surface area contributed by atoms with E-state index in [1.807, 2.05) is 6.07 Å². The number of aliphatic hydroxyl groups is 1. The van der Waals surface area contributed by atoms with Gasteiger partial charge in [-0.05, 0) is 49.6 Å². The molecule has 41 heavy (non-hydrogen) atoms. The van der Waals surface area contributed by atoms with E-state index in [0.717, 1.165) is 29.2 Å². The average molecular weight is 790 g/mol. The summed E-state index contributed by atoms with van der Waals surface area (Å²) in [5.74, 6) is -1.63. The first-order valence-corrected chi connectivity index (χ1v) is 15.0. The average Bonchev–Trinajstić information content (AvgIpc) is 2.90. The Morgan fingerprint density at radius 3 is 2.05 bits per heavy atom. The van der Waals surface area contributed by atoms with Gasteiger partial charge in [0, 0.05) is 18.5 Å². The van der Waals surface area contributed by atoms with Gasteiger partial charge in [-0.25, -0.2) is 14.4 Å². The van der Waals surface area contributed by atoms with Crippen LogP contribution in [-0.4, -0.2) is 59.0 Å². The number of halogens is 2. The molecule has 2 aromatic rings. The summed E-state index contributed by atoms with van der Waals surface area (Å²) in [7, 11) is 0. The number of alkyl halides is 2. The number of carbonyl (C=O) groups is 3. The molecule has 0 aliphatic rings. The normalized spacial score (nSPS) is 12.2. The first-order chi connectivity index (χ1) is 19.2. The zero-order chi connectivity index (χ0) is 30.8.